The third-order valence-corrected chi connectivity index (χ3v) is 2.14. The van der Waals surface area contributed by atoms with Crippen molar-refractivity contribution in [3.63, 3.8) is 0 Å². The van der Waals surface area contributed by atoms with Gasteiger partial charge in [-0.2, -0.15) is 0 Å². The van der Waals surface area contributed by atoms with Crippen molar-refractivity contribution < 1.29 is 9.84 Å². The maximum Gasteiger partial charge on any atom is 0.0697 e. The summed E-state index contributed by atoms with van der Waals surface area (Å²) in [6.45, 7) is 5.02. The van der Waals surface area contributed by atoms with Crippen LogP contribution >= 0.6 is 0 Å². The molecule has 1 rings (SSSR count). The molecule has 0 aliphatic carbocycles. The minimum Gasteiger partial charge on any atom is -0.394 e. The molecule has 0 aliphatic rings. The number of aliphatic hydroxyl groups excluding tert-OH is 1. The number of aromatic nitrogens is 1. The van der Waals surface area contributed by atoms with Crippen LogP contribution in [0.4, 0.5) is 0 Å². The van der Waals surface area contributed by atoms with Gasteiger partial charge in [-0.05, 0) is 31.0 Å². The van der Waals surface area contributed by atoms with Gasteiger partial charge in [-0.15, -0.1) is 0 Å². The number of ether oxygens (including phenoxy) is 1. The van der Waals surface area contributed by atoms with Gasteiger partial charge in [0.05, 0.1) is 13.2 Å². The molecular formula is C12H20N2O2. The molecule has 1 heterocycles. The van der Waals surface area contributed by atoms with Crippen LogP contribution in [-0.4, -0.2) is 36.5 Å². The fourth-order valence-electron chi connectivity index (χ4n) is 1.41. The SMILES string of the molecule is Cc1cncc(CNCCCOCCO)c1. The second-order valence-corrected chi connectivity index (χ2v) is 3.74. The molecule has 0 fully saturated rings. The van der Waals surface area contributed by atoms with E-state index in [1.807, 2.05) is 19.3 Å². The van der Waals surface area contributed by atoms with E-state index in [1.165, 1.54) is 11.1 Å². The summed E-state index contributed by atoms with van der Waals surface area (Å²) in [4.78, 5) is 4.13. The average Bonchev–Trinajstić information content (AvgIpc) is 2.28. The van der Waals surface area contributed by atoms with E-state index in [9.17, 15) is 0 Å². The molecule has 0 radical (unpaired) electrons. The van der Waals surface area contributed by atoms with Crippen LogP contribution in [0.2, 0.25) is 0 Å². The highest BCUT2D eigenvalue weighted by Gasteiger charge is 1.94. The Morgan fingerprint density at radius 1 is 1.38 bits per heavy atom. The number of aliphatic hydroxyl groups is 1. The number of aryl methyl sites for hydroxylation is 1. The van der Waals surface area contributed by atoms with Gasteiger partial charge in [0.25, 0.3) is 0 Å². The van der Waals surface area contributed by atoms with E-state index >= 15 is 0 Å². The number of rotatable bonds is 8. The minimum atomic E-state index is 0.0996. The predicted molar refractivity (Wildman–Crippen MR) is 63.2 cm³/mol. The van der Waals surface area contributed by atoms with Gasteiger partial charge in [-0.25, -0.2) is 0 Å². The third-order valence-electron chi connectivity index (χ3n) is 2.14. The van der Waals surface area contributed by atoms with E-state index in [1.54, 1.807) is 0 Å². The molecule has 0 unspecified atom stereocenters. The first-order valence-electron chi connectivity index (χ1n) is 5.63. The lowest BCUT2D eigenvalue weighted by atomic mass is 10.2. The highest BCUT2D eigenvalue weighted by atomic mass is 16.5. The first kappa shape index (κ1) is 13.1. The van der Waals surface area contributed by atoms with Gasteiger partial charge in [0.2, 0.25) is 0 Å². The van der Waals surface area contributed by atoms with Crippen LogP contribution in [0.25, 0.3) is 0 Å². The van der Waals surface area contributed by atoms with E-state index in [4.69, 9.17) is 9.84 Å². The molecule has 4 nitrogen and oxygen atoms in total. The van der Waals surface area contributed by atoms with Gasteiger partial charge in [-0.1, -0.05) is 6.07 Å². The van der Waals surface area contributed by atoms with Crippen molar-refractivity contribution in [3.05, 3.63) is 29.6 Å². The zero-order chi connectivity index (χ0) is 11.6. The van der Waals surface area contributed by atoms with E-state index in [2.05, 4.69) is 16.4 Å². The van der Waals surface area contributed by atoms with Crippen molar-refractivity contribution in [2.75, 3.05) is 26.4 Å². The monoisotopic (exact) mass is 224 g/mol. The molecule has 0 bridgehead atoms. The predicted octanol–water partition coefficient (Wildman–Crippen LogP) is 0.879. The summed E-state index contributed by atoms with van der Waals surface area (Å²) < 4.78 is 5.15. The standard InChI is InChI=1S/C12H20N2O2/c1-11-7-12(10-14-8-11)9-13-3-2-5-16-6-4-15/h7-8,10,13,15H,2-6,9H2,1H3. The van der Waals surface area contributed by atoms with Crippen molar-refractivity contribution >= 4 is 0 Å². The van der Waals surface area contributed by atoms with Crippen LogP contribution in [0.5, 0.6) is 0 Å². The molecule has 1 aromatic heterocycles. The molecular weight excluding hydrogens is 204 g/mol. The number of pyridine rings is 1. The minimum absolute atomic E-state index is 0.0996. The van der Waals surface area contributed by atoms with Crippen molar-refractivity contribution in [3.8, 4) is 0 Å². The number of hydrogen-bond acceptors (Lipinski definition) is 4. The molecule has 0 aliphatic heterocycles. The summed E-state index contributed by atoms with van der Waals surface area (Å²) in [6, 6.07) is 2.13. The Morgan fingerprint density at radius 2 is 2.25 bits per heavy atom. The molecule has 90 valence electrons. The molecule has 0 amide bonds. The summed E-state index contributed by atoms with van der Waals surface area (Å²) in [5.41, 5.74) is 2.39. The van der Waals surface area contributed by atoms with Crippen molar-refractivity contribution in [1.82, 2.24) is 10.3 Å². The molecule has 0 atom stereocenters. The lowest BCUT2D eigenvalue weighted by molar-refractivity contribution is 0.0907. The Balaban J connectivity index is 2.03. The summed E-state index contributed by atoms with van der Waals surface area (Å²) in [7, 11) is 0. The van der Waals surface area contributed by atoms with E-state index in [0.29, 0.717) is 13.2 Å². The Bertz CT molecular complexity index is 292. The summed E-state index contributed by atoms with van der Waals surface area (Å²) in [5.74, 6) is 0. The normalized spacial score (nSPS) is 10.6. The molecule has 2 N–H and O–H groups in total. The van der Waals surface area contributed by atoms with Crippen LogP contribution in [0.3, 0.4) is 0 Å². The van der Waals surface area contributed by atoms with Gasteiger partial charge in [-0.3, -0.25) is 4.98 Å². The van der Waals surface area contributed by atoms with Gasteiger partial charge in [0.1, 0.15) is 0 Å². The Kier molecular flexibility index (Phi) is 6.72. The van der Waals surface area contributed by atoms with Gasteiger partial charge < -0.3 is 15.2 Å². The fourth-order valence-corrected chi connectivity index (χ4v) is 1.41. The molecule has 0 saturated carbocycles. The first-order valence-corrected chi connectivity index (χ1v) is 5.63. The van der Waals surface area contributed by atoms with Gasteiger partial charge in [0, 0.05) is 25.5 Å². The lowest BCUT2D eigenvalue weighted by Gasteiger charge is -2.05. The molecule has 0 spiro atoms. The van der Waals surface area contributed by atoms with Crippen LogP contribution in [0.15, 0.2) is 18.5 Å². The maximum absolute atomic E-state index is 8.50. The molecule has 16 heavy (non-hydrogen) atoms. The van der Waals surface area contributed by atoms with E-state index in [0.717, 1.165) is 19.5 Å². The van der Waals surface area contributed by atoms with Crippen molar-refractivity contribution in [1.29, 1.82) is 0 Å². The molecule has 1 aromatic rings. The maximum atomic E-state index is 8.50. The molecule has 4 heteroatoms. The van der Waals surface area contributed by atoms with E-state index in [-0.39, 0.29) is 6.61 Å². The van der Waals surface area contributed by atoms with E-state index < -0.39 is 0 Å². The lowest BCUT2D eigenvalue weighted by Crippen LogP contribution is -2.17. The number of nitrogens with zero attached hydrogens (tertiary/aromatic N) is 1. The Labute approximate surface area is 96.7 Å². The Morgan fingerprint density at radius 3 is 3.00 bits per heavy atom. The largest absolute Gasteiger partial charge is 0.394 e. The highest BCUT2D eigenvalue weighted by Crippen LogP contribution is 2.00. The second kappa shape index (κ2) is 8.21. The van der Waals surface area contributed by atoms with Crippen molar-refractivity contribution in [2.24, 2.45) is 0 Å². The van der Waals surface area contributed by atoms with Crippen molar-refractivity contribution in [2.45, 2.75) is 19.9 Å². The third kappa shape index (κ3) is 5.80. The topological polar surface area (TPSA) is 54.4 Å². The molecule has 0 aromatic carbocycles. The number of hydrogen-bond donors (Lipinski definition) is 2. The van der Waals surface area contributed by atoms with Crippen LogP contribution in [0, 0.1) is 6.92 Å². The quantitative estimate of drug-likeness (QED) is 0.644. The van der Waals surface area contributed by atoms with Gasteiger partial charge in [0.15, 0.2) is 0 Å². The van der Waals surface area contributed by atoms with Crippen LogP contribution in [0.1, 0.15) is 17.5 Å². The van der Waals surface area contributed by atoms with Gasteiger partial charge >= 0.3 is 0 Å². The molecule has 0 saturated heterocycles. The van der Waals surface area contributed by atoms with Crippen LogP contribution in [-0.2, 0) is 11.3 Å². The summed E-state index contributed by atoms with van der Waals surface area (Å²) >= 11 is 0. The zero-order valence-corrected chi connectivity index (χ0v) is 9.78. The number of nitrogens with one attached hydrogen (secondary N) is 1. The van der Waals surface area contributed by atoms with Crippen LogP contribution < -0.4 is 5.32 Å². The highest BCUT2D eigenvalue weighted by molar-refractivity contribution is 5.16. The summed E-state index contributed by atoms with van der Waals surface area (Å²) in [5, 5.41) is 11.8. The Hall–Kier alpha value is -0.970. The average molecular weight is 224 g/mol. The fraction of sp³-hybridized carbons (Fsp3) is 0.583. The second-order valence-electron chi connectivity index (χ2n) is 3.74. The first-order chi connectivity index (χ1) is 7.83. The zero-order valence-electron chi connectivity index (χ0n) is 9.78. The summed E-state index contributed by atoms with van der Waals surface area (Å²) in [6.07, 6.45) is 4.69. The smallest absolute Gasteiger partial charge is 0.0697 e.